The first-order chi connectivity index (χ1) is 13.2. The van der Waals surface area contributed by atoms with Gasteiger partial charge in [-0.05, 0) is 43.3 Å². The van der Waals surface area contributed by atoms with Gasteiger partial charge in [-0.1, -0.05) is 22.9 Å². The molecule has 148 valence electrons. The third kappa shape index (κ3) is 4.12. The fourth-order valence-electron chi connectivity index (χ4n) is 2.43. The Kier molecular flexibility index (Phi) is 5.90. The molecule has 0 fully saturated rings. The SMILES string of the molecule is CCOc1ccc2nc(NC(=O)c3cc(S(=O)(=O)N(C)C)ccc3Cl)sc2c1. The number of hydrogen-bond donors (Lipinski definition) is 1. The lowest BCUT2D eigenvalue weighted by Gasteiger charge is -2.13. The lowest BCUT2D eigenvalue weighted by Crippen LogP contribution is -2.23. The van der Waals surface area contributed by atoms with E-state index in [1.807, 2.05) is 25.1 Å². The molecule has 1 amide bonds. The van der Waals surface area contributed by atoms with Crippen molar-refractivity contribution in [3.05, 3.63) is 47.0 Å². The van der Waals surface area contributed by atoms with Crippen LogP contribution in [-0.4, -0.2) is 44.3 Å². The molecule has 1 heterocycles. The minimum absolute atomic E-state index is 0.0160. The summed E-state index contributed by atoms with van der Waals surface area (Å²) in [5.41, 5.74) is 0.776. The zero-order chi connectivity index (χ0) is 20.5. The van der Waals surface area contributed by atoms with Crippen LogP contribution in [0.1, 0.15) is 17.3 Å². The monoisotopic (exact) mass is 439 g/mol. The maximum Gasteiger partial charge on any atom is 0.259 e. The molecule has 0 saturated carbocycles. The van der Waals surface area contributed by atoms with E-state index >= 15 is 0 Å². The molecule has 0 atom stereocenters. The maximum absolute atomic E-state index is 12.7. The summed E-state index contributed by atoms with van der Waals surface area (Å²) in [7, 11) is -0.850. The van der Waals surface area contributed by atoms with Gasteiger partial charge >= 0.3 is 0 Å². The average molecular weight is 440 g/mol. The number of sulfonamides is 1. The van der Waals surface area contributed by atoms with Gasteiger partial charge in [0.05, 0.1) is 32.3 Å². The van der Waals surface area contributed by atoms with E-state index in [1.165, 1.54) is 43.6 Å². The summed E-state index contributed by atoms with van der Waals surface area (Å²) in [4.78, 5) is 17.0. The molecule has 0 unspecified atom stereocenters. The first-order valence-electron chi connectivity index (χ1n) is 8.29. The van der Waals surface area contributed by atoms with Crippen molar-refractivity contribution in [1.82, 2.24) is 9.29 Å². The van der Waals surface area contributed by atoms with E-state index in [1.54, 1.807) is 0 Å². The van der Waals surface area contributed by atoms with Crippen molar-refractivity contribution in [3.63, 3.8) is 0 Å². The summed E-state index contributed by atoms with van der Waals surface area (Å²) in [6.45, 7) is 2.45. The van der Waals surface area contributed by atoms with E-state index in [9.17, 15) is 13.2 Å². The molecule has 0 aliphatic carbocycles. The number of thiazole rings is 1. The largest absolute Gasteiger partial charge is 0.494 e. The quantitative estimate of drug-likeness (QED) is 0.630. The Morgan fingerprint density at radius 3 is 2.68 bits per heavy atom. The molecule has 0 aliphatic rings. The van der Waals surface area contributed by atoms with Crippen LogP contribution in [0.4, 0.5) is 5.13 Å². The summed E-state index contributed by atoms with van der Waals surface area (Å²) in [5, 5.41) is 3.21. The number of nitrogens with one attached hydrogen (secondary N) is 1. The highest BCUT2D eigenvalue weighted by atomic mass is 35.5. The van der Waals surface area contributed by atoms with E-state index < -0.39 is 15.9 Å². The Hall–Kier alpha value is -2.20. The molecule has 1 aromatic heterocycles. The van der Waals surface area contributed by atoms with Gasteiger partial charge in [-0.25, -0.2) is 17.7 Å². The van der Waals surface area contributed by atoms with Gasteiger partial charge < -0.3 is 4.74 Å². The first kappa shape index (κ1) is 20.5. The van der Waals surface area contributed by atoms with Crippen molar-refractivity contribution in [3.8, 4) is 5.75 Å². The number of carbonyl (C=O) groups is 1. The molecule has 0 bridgehead atoms. The van der Waals surface area contributed by atoms with Crippen LogP contribution in [0.3, 0.4) is 0 Å². The molecule has 1 N–H and O–H groups in total. The van der Waals surface area contributed by atoms with E-state index in [0.717, 1.165) is 20.3 Å². The Morgan fingerprint density at radius 1 is 1.25 bits per heavy atom. The van der Waals surface area contributed by atoms with Crippen LogP contribution in [0, 0.1) is 0 Å². The first-order valence-corrected chi connectivity index (χ1v) is 10.9. The zero-order valence-electron chi connectivity index (χ0n) is 15.4. The van der Waals surface area contributed by atoms with Crippen molar-refractivity contribution >= 4 is 54.2 Å². The van der Waals surface area contributed by atoms with Gasteiger partial charge in [0.1, 0.15) is 5.75 Å². The lowest BCUT2D eigenvalue weighted by atomic mass is 10.2. The van der Waals surface area contributed by atoms with Gasteiger partial charge in [-0.3, -0.25) is 10.1 Å². The smallest absolute Gasteiger partial charge is 0.259 e. The Bertz CT molecular complexity index is 1140. The van der Waals surface area contributed by atoms with Crippen molar-refractivity contribution < 1.29 is 17.9 Å². The van der Waals surface area contributed by atoms with E-state index in [4.69, 9.17) is 16.3 Å². The molecule has 10 heteroatoms. The Labute approximate surface area is 172 Å². The average Bonchev–Trinajstić information content (AvgIpc) is 3.03. The molecule has 0 radical (unpaired) electrons. The van der Waals surface area contributed by atoms with E-state index in [2.05, 4.69) is 10.3 Å². The maximum atomic E-state index is 12.7. The summed E-state index contributed by atoms with van der Waals surface area (Å²) in [5.74, 6) is 0.186. The van der Waals surface area contributed by atoms with Crippen LogP contribution in [0.25, 0.3) is 10.2 Å². The van der Waals surface area contributed by atoms with Gasteiger partial charge in [0.15, 0.2) is 5.13 Å². The van der Waals surface area contributed by atoms with Crippen LogP contribution >= 0.6 is 22.9 Å². The molecule has 3 aromatic rings. The number of halogens is 1. The number of benzene rings is 2. The predicted molar refractivity (Wildman–Crippen MR) is 111 cm³/mol. The van der Waals surface area contributed by atoms with Crippen LogP contribution in [-0.2, 0) is 10.0 Å². The van der Waals surface area contributed by atoms with Gasteiger partial charge in [0.25, 0.3) is 5.91 Å². The molecule has 3 rings (SSSR count). The zero-order valence-corrected chi connectivity index (χ0v) is 17.8. The molecule has 0 spiro atoms. The number of aromatic nitrogens is 1. The normalized spacial score (nSPS) is 11.8. The molecule has 2 aromatic carbocycles. The predicted octanol–water partition coefficient (Wildman–Crippen LogP) is 3.85. The highest BCUT2D eigenvalue weighted by Crippen LogP contribution is 2.30. The van der Waals surface area contributed by atoms with Gasteiger partial charge in [-0.15, -0.1) is 0 Å². The minimum Gasteiger partial charge on any atom is -0.494 e. The Morgan fingerprint density at radius 2 is 2.00 bits per heavy atom. The number of anilines is 1. The van der Waals surface area contributed by atoms with Crippen molar-refractivity contribution in [1.29, 1.82) is 0 Å². The van der Waals surface area contributed by atoms with Crippen molar-refractivity contribution in [2.45, 2.75) is 11.8 Å². The number of rotatable bonds is 6. The molecule has 7 nitrogen and oxygen atoms in total. The van der Waals surface area contributed by atoms with Crippen LogP contribution in [0.2, 0.25) is 5.02 Å². The highest BCUT2D eigenvalue weighted by molar-refractivity contribution is 7.89. The minimum atomic E-state index is -3.69. The number of ether oxygens (including phenoxy) is 1. The topological polar surface area (TPSA) is 88.6 Å². The van der Waals surface area contributed by atoms with Gasteiger partial charge in [-0.2, -0.15) is 0 Å². The molecule has 28 heavy (non-hydrogen) atoms. The number of carbonyl (C=O) groups excluding carboxylic acids is 1. The number of fused-ring (bicyclic) bond motifs is 1. The summed E-state index contributed by atoms with van der Waals surface area (Å²) >= 11 is 7.41. The summed E-state index contributed by atoms with van der Waals surface area (Å²) in [6, 6.07) is 9.48. The molecular weight excluding hydrogens is 422 g/mol. The highest BCUT2D eigenvalue weighted by Gasteiger charge is 2.21. The number of hydrogen-bond acceptors (Lipinski definition) is 6. The van der Waals surface area contributed by atoms with Gasteiger partial charge in [0.2, 0.25) is 10.0 Å². The molecule has 0 aliphatic heterocycles. The molecular formula is C18H18ClN3O4S2. The number of amides is 1. The third-order valence-corrected chi connectivity index (χ3v) is 6.93. The number of nitrogens with zero attached hydrogens (tertiary/aromatic N) is 2. The van der Waals surface area contributed by atoms with E-state index in [-0.39, 0.29) is 15.5 Å². The van der Waals surface area contributed by atoms with Crippen LogP contribution in [0.5, 0.6) is 5.75 Å². The fourth-order valence-corrected chi connectivity index (χ4v) is 4.45. The second-order valence-electron chi connectivity index (χ2n) is 5.96. The summed E-state index contributed by atoms with van der Waals surface area (Å²) < 4.78 is 32.0. The standard InChI is InChI=1S/C18H18ClN3O4S2/c1-4-26-11-5-8-15-16(9-11)27-18(20-15)21-17(23)13-10-12(6-7-14(13)19)28(24,25)22(2)3/h5-10H,4H2,1-3H3,(H,20,21,23). The fraction of sp³-hybridized carbons (Fsp3) is 0.222. The van der Waals surface area contributed by atoms with E-state index in [0.29, 0.717) is 11.7 Å². The van der Waals surface area contributed by atoms with Gasteiger partial charge in [0, 0.05) is 14.1 Å². The molecule has 0 saturated heterocycles. The second-order valence-corrected chi connectivity index (χ2v) is 9.55. The third-order valence-electron chi connectivity index (χ3n) is 3.85. The van der Waals surface area contributed by atoms with Crippen LogP contribution in [0.15, 0.2) is 41.3 Å². The Balaban J connectivity index is 1.90. The van der Waals surface area contributed by atoms with Crippen molar-refractivity contribution in [2.75, 3.05) is 26.0 Å². The second kappa shape index (κ2) is 8.04. The summed E-state index contributed by atoms with van der Waals surface area (Å²) in [6.07, 6.45) is 0. The van der Waals surface area contributed by atoms with Crippen LogP contribution < -0.4 is 10.1 Å². The van der Waals surface area contributed by atoms with Crippen molar-refractivity contribution in [2.24, 2.45) is 0 Å². The lowest BCUT2D eigenvalue weighted by molar-refractivity contribution is 0.102.